The molecule has 3 aromatic heterocycles. The van der Waals surface area contributed by atoms with Gasteiger partial charge in [-0.25, -0.2) is 9.55 Å². The molecule has 1 saturated carbocycles. The van der Waals surface area contributed by atoms with E-state index >= 15 is 0 Å². The van der Waals surface area contributed by atoms with E-state index in [0.717, 1.165) is 32.1 Å². The van der Waals surface area contributed by atoms with Crippen LogP contribution in [-0.2, 0) is 6.61 Å². The zero-order chi connectivity index (χ0) is 24.4. The Kier molecular flexibility index (Phi) is 7.01. The number of azo groups is 1. The molecule has 0 aromatic carbocycles. The second-order valence-corrected chi connectivity index (χ2v) is 9.46. The summed E-state index contributed by atoms with van der Waals surface area (Å²) in [5.74, 6) is -0.422. The van der Waals surface area contributed by atoms with Crippen LogP contribution in [0.15, 0.2) is 26.6 Å². The zero-order valence-electron chi connectivity index (χ0n) is 18.7. The first kappa shape index (κ1) is 23.9. The lowest BCUT2D eigenvalue weighted by atomic mass is 9.95. The fraction of sp³-hybridized carbons (Fsp3) is 0.476. The van der Waals surface area contributed by atoms with Crippen molar-refractivity contribution in [2.45, 2.75) is 64.6 Å². The van der Waals surface area contributed by atoms with E-state index in [-0.39, 0.29) is 39.8 Å². The first-order chi connectivity index (χ1) is 16.4. The SMILES string of the molecule is CC(C)n1nc(N=Nc2c(O)n(C3CCCCC3)c(=S)n(-c3nccs3)c2=O)c(C#N)c1CO. The Morgan fingerprint density at radius 1 is 1.32 bits per heavy atom. The number of aliphatic hydroxyl groups is 1. The Hall–Kier alpha value is -3.21. The van der Waals surface area contributed by atoms with Crippen LogP contribution in [0.4, 0.5) is 11.5 Å². The summed E-state index contributed by atoms with van der Waals surface area (Å²) in [5, 5.41) is 44.9. The second-order valence-electron chi connectivity index (χ2n) is 8.23. The van der Waals surface area contributed by atoms with Gasteiger partial charge in [0.05, 0.1) is 12.3 Å². The molecular formula is C21H24N8O3S2. The number of hydrogen-bond donors (Lipinski definition) is 2. The van der Waals surface area contributed by atoms with Gasteiger partial charge in [0.25, 0.3) is 5.56 Å². The molecule has 0 amide bonds. The third-order valence-corrected chi connectivity index (χ3v) is 6.92. The van der Waals surface area contributed by atoms with Gasteiger partial charge < -0.3 is 10.2 Å². The summed E-state index contributed by atoms with van der Waals surface area (Å²) in [5.41, 5.74) is -0.630. The molecule has 11 nitrogen and oxygen atoms in total. The monoisotopic (exact) mass is 500 g/mol. The van der Waals surface area contributed by atoms with Crippen LogP contribution in [0.1, 0.15) is 69.3 Å². The third-order valence-electron chi connectivity index (χ3n) is 5.78. The fourth-order valence-electron chi connectivity index (χ4n) is 4.17. The van der Waals surface area contributed by atoms with Crippen molar-refractivity contribution < 1.29 is 10.2 Å². The highest BCUT2D eigenvalue weighted by Crippen LogP contribution is 2.36. The Morgan fingerprint density at radius 2 is 2.06 bits per heavy atom. The van der Waals surface area contributed by atoms with Gasteiger partial charge in [-0.1, -0.05) is 19.3 Å². The molecule has 0 spiro atoms. The van der Waals surface area contributed by atoms with Gasteiger partial charge in [0.2, 0.25) is 17.4 Å². The smallest absolute Gasteiger partial charge is 0.292 e. The molecule has 34 heavy (non-hydrogen) atoms. The molecule has 1 aliphatic rings. The predicted molar refractivity (Wildman–Crippen MR) is 128 cm³/mol. The van der Waals surface area contributed by atoms with Crippen LogP contribution in [0.3, 0.4) is 0 Å². The summed E-state index contributed by atoms with van der Waals surface area (Å²) < 4.78 is 4.44. The van der Waals surface area contributed by atoms with Gasteiger partial charge >= 0.3 is 0 Å². The maximum Gasteiger partial charge on any atom is 0.292 e. The van der Waals surface area contributed by atoms with Gasteiger partial charge in [0.1, 0.15) is 11.6 Å². The molecule has 0 unspecified atom stereocenters. The maximum atomic E-state index is 13.4. The van der Waals surface area contributed by atoms with E-state index in [4.69, 9.17) is 12.2 Å². The minimum absolute atomic E-state index is 0.0495. The van der Waals surface area contributed by atoms with Crippen molar-refractivity contribution in [3.05, 3.63) is 38.0 Å². The first-order valence-corrected chi connectivity index (χ1v) is 12.2. The van der Waals surface area contributed by atoms with Gasteiger partial charge in [0, 0.05) is 23.7 Å². The normalized spacial score (nSPS) is 14.8. The van der Waals surface area contributed by atoms with E-state index in [9.17, 15) is 20.3 Å². The summed E-state index contributed by atoms with van der Waals surface area (Å²) in [7, 11) is 0. The molecule has 1 fully saturated rings. The minimum Gasteiger partial charge on any atom is -0.493 e. The van der Waals surface area contributed by atoms with Gasteiger partial charge in [-0.15, -0.1) is 26.7 Å². The maximum absolute atomic E-state index is 13.4. The molecule has 1 aliphatic carbocycles. The lowest BCUT2D eigenvalue weighted by Gasteiger charge is -2.26. The number of aromatic nitrogens is 5. The van der Waals surface area contributed by atoms with Crippen molar-refractivity contribution in [2.75, 3.05) is 0 Å². The fourth-order valence-corrected chi connectivity index (χ4v) is 5.27. The number of rotatable bonds is 6. The number of nitriles is 1. The largest absolute Gasteiger partial charge is 0.493 e. The van der Waals surface area contributed by atoms with E-state index in [1.54, 1.807) is 16.1 Å². The number of hydrogen-bond acceptors (Lipinski definition) is 10. The standard InChI is InChI=1S/C21H24N8O3S2/c1-12(2)29-15(11-30)14(10-22)17(26-29)25-24-16-18(31)27(13-6-4-3-5-7-13)21(33)28(19(16)32)20-23-8-9-34-20/h8-9,12-13,30-31H,3-7,11H2,1-2H3. The summed E-state index contributed by atoms with van der Waals surface area (Å²) in [6, 6.07) is 1.77. The van der Waals surface area contributed by atoms with Gasteiger partial charge in [-0.3, -0.25) is 14.0 Å². The Labute approximate surface area is 204 Å². The highest BCUT2D eigenvalue weighted by atomic mass is 32.1. The lowest BCUT2D eigenvalue weighted by molar-refractivity contribution is 0.264. The van der Waals surface area contributed by atoms with Crippen LogP contribution < -0.4 is 5.56 Å². The topological polar surface area (TPSA) is 147 Å². The van der Waals surface area contributed by atoms with Crippen LogP contribution in [0.2, 0.25) is 0 Å². The van der Waals surface area contributed by atoms with Gasteiger partial charge in [0.15, 0.2) is 9.90 Å². The molecule has 2 N–H and O–H groups in total. The summed E-state index contributed by atoms with van der Waals surface area (Å²) in [6.07, 6.45) is 6.26. The van der Waals surface area contributed by atoms with Crippen LogP contribution in [0.5, 0.6) is 5.88 Å². The van der Waals surface area contributed by atoms with Crippen molar-refractivity contribution >= 4 is 35.1 Å². The van der Waals surface area contributed by atoms with E-state index in [2.05, 4.69) is 20.3 Å². The van der Waals surface area contributed by atoms with E-state index < -0.39 is 12.2 Å². The molecular weight excluding hydrogens is 476 g/mol. The van der Waals surface area contributed by atoms with E-state index in [1.807, 2.05) is 19.9 Å². The summed E-state index contributed by atoms with van der Waals surface area (Å²) >= 11 is 6.85. The quantitative estimate of drug-likeness (QED) is 0.371. The number of nitrogens with zero attached hydrogens (tertiary/aromatic N) is 8. The second kappa shape index (κ2) is 9.96. The molecule has 3 heterocycles. The Bertz CT molecular complexity index is 1370. The molecule has 0 aliphatic heterocycles. The van der Waals surface area contributed by atoms with Gasteiger partial charge in [-0.05, 0) is 38.9 Å². The van der Waals surface area contributed by atoms with Crippen molar-refractivity contribution in [2.24, 2.45) is 10.2 Å². The number of thiazole rings is 1. The Balaban J connectivity index is 1.92. The molecule has 0 radical (unpaired) electrons. The molecule has 0 saturated heterocycles. The highest BCUT2D eigenvalue weighted by molar-refractivity contribution is 7.71. The molecule has 178 valence electrons. The average Bonchev–Trinajstić information content (AvgIpc) is 3.47. The first-order valence-electron chi connectivity index (χ1n) is 10.9. The van der Waals surface area contributed by atoms with Crippen molar-refractivity contribution in [3.63, 3.8) is 0 Å². The molecule has 4 rings (SSSR count). The highest BCUT2D eigenvalue weighted by Gasteiger charge is 2.26. The number of aromatic hydroxyl groups is 1. The van der Waals surface area contributed by atoms with Crippen LogP contribution >= 0.6 is 23.6 Å². The lowest BCUT2D eigenvalue weighted by Crippen LogP contribution is -2.26. The summed E-state index contributed by atoms with van der Waals surface area (Å²) in [6.45, 7) is 3.29. The molecule has 0 atom stereocenters. The van der Waals surface area contributed by atoms with Crippen LogP contribution in [0, 0.1) is 16.1 Å². The van der Waals surface area contributed by atoms with Crippen LogP contribution in [-0.4, -0.2) is 34.1 Å². The number of aliphatic hydroxyl groups excluding tert-OH is 1. The summed E-state index contributed by atoms with van der Waals surface area (Å²) in [4.78, 5) is 17.6. The minimum atomic E-state index is -0.669. The average molecular weight is 501 g/mol. The van der Waals surface area contributed by atoms with Crippen molar-refractivity contribution in [3.8, 4) is 17.1 Å². The molecule has 13 heteroatoms. The van der Waals surface area contributed by atoms with E-state index in [0.29, 0.717) is 10.8 Å². The zero-order valence-corrected chi connectivity index (χ0v) is 20.4. The van der Waals surface area contributed by atoms with Crippen molar-refractivity contribution in [1.29, 1.82) is 5.26 Å². The van der Waals surface area contributed by atoms with E-state index in [1.165, 1.54) is 20.6 Å². The third kappa shape index (κ3) is 4.20. The molecule has 0 bridgehead atoms. The van der Waals surface area contributed by atoms with Gasteiger partial charge in [-0.2, -0.15) is 5.26 Å². The molecule has 3 aromatic rings. The van der Waals surface area contributed by atoms with Crippen LogP contribution in [0.25, 0.3) is 5.13 Å². The Morgan fingerprint density at radius 3 is 2.65 bits per heavy atom. The predicted octanol–water partition coefficient (Wildman–Crippen LogP) is 4.59. The van der Waals surface area contributed by atoms with Crippen molar-refractivity contribution in [1.82, 2.24) is 23.9 Å².